The van der Waals surface area contributed by atoms with Gasteiger partial charge in [0.15, 0.2) is 5.76 Å². The maximum absolute atomic E-state index is 12.7. The van der Waals surface area contributed by atoms with Crippen LogP contribution in [0.15, 0.2) is 46.9 Å². The van der Waals surface area contributed by atoms with Gasteiger partial charge in [0.25, 0.3) is 5.91 Å². The Balaban J connectivity index is 1.93. The summed E-state index contributed by atoms with van der Waals surface area (Å²) in [5.41, 5.74) is 0.860. The molecule has 3 amide bonds. The lowest BCUT2D eigenvalue weighted by Crippen LogP contribution is -2.47. The molecular weight excluding hydrogens is 398 g/mol. The molecule has 168 valence electrons. The summed E-state index contributed by atoms with van der Waals surface area (Å²) in [5, 5.41) is 15.7. The van der Waals surface area contributed by atoms with Crippen LogP contribution in [0, 0.1) is 5.92 Å². The van der Waals surface area contributed by atoms with E-state index in [2.05, 4.69) is 17.6 Å². The van der Waals surface area contributed by atoms with E-state index in [1.54, 1.807) is 19.1 Å². The number of hydrogen-bond donors (Lipinski definition) is 3. The van der Waals surface area contributed by atoms with Crippen LogP contribution >= 0.6 is 0 Å². The lowest BCUT2D eigenvalue weighted by atomic mass is 9.90. The highest BCUT2D eigenvalue weighted by molar-refractivity contribution is 5.92. The number of hydroxylamine groups is 2. The van der Waals surface area contributed by atoms with Crippen LogP contribution in [0.3, 0.4) is 0 Å². The van der Waals surface area contributed by atoms with Gasteiger partial charge in [0, 0.05) is 5.56 Å². The van der Waals surface area contributed by atoms with E-state index in [9.17, 15) is 19.6 Å². The van der Waals surface area contributed by atoms with Crippen LogP contribution in [0.2, 0.25) is 0 Å². The molecular formula is C23H31N3O5. The number of unbranched alkanes of at least 4 members (excludes halogenated alkanes) is 2. The van der Waals surface area contributed by atoms with Crippen LogP contribution in [-0.2, 0) is 9.59 Å². The minimum absolute atomic E-state index is 0.0910. The fourth-order valence-electron chi connectivity index (χ4n) is 3.49. The number of nitrogens with one attached hydrogen (secondary N) is 2. The molecule has 0 aliphatic carbocycles. The number of furan rings is 1. The van der Waals surface area contributed by atoms with E-state index in [0.717, 1.165) is 24.8 Å². The van der Waals surface area contributed by atoms with Crippen molar-refractivity contribution in [2.45, 2.75) is 52.0 Å². The molecule has 0 saturated heterocycles. The van der Waals surface area contributed by atoms with Gasteiger partial charge in [-0.2, -0.15) is 0 Å². The number of hydrogen-bond acceptors (Lipinski definition) is 5. The number of amides is 3. The zero-order valence-corrected chi connectivity index (χ0v) is 18.0. The van der Waals surface area contributed by atoms with Crippen molar-refractivity contribution < 1.29 is 24.0 Å². The summed E-state index contributed by atoms with van der Waals surface area (Å²) in [5.74, 6) is -0.630. The summed E-state index contributed by atoms with van der Waals surface area (Å²) in [6, 6.07) is 12.1. The third kappa shape index (κ3) is 6.96. The highest BCUT2D eigenvalue weighted by Crippen LogP contribution is 2.22. The molecule has 3 N–H and O–H groups in total. The van der Waals surface area contributed by atoms with Gasteiger partial charge in [0.05, 0.1) is 18.6 Å². The predicted molar refractivity (Wildman–Crippen MR) is 116 cm³/mol. The highest BCUT2D eigenvalue weighted by atomic mass is 16.5. The standard InChI is InChI=1S/C23H31N3O5/c1-3-5-7-12-18(19(4-2)26(30)16-27)22(28)24-15-25-23(29)21-14-13-20(31-21)17-10-8-6-9-11-17/h6,8-11,13-14,16,18-19,30H,3-5,7,12,15H2,1-2H3,(H,24,28)(H,25,29)/t18-,19-/m1/s1. The molecule has 2 aromatic rings. The predicted octanol–water partition coefficient (Wildman–Crippen LogP) is 3.57. The maximum atomic E-state index is 12.7. The molecule has 1 aromatic heterocycles. The Morgan fingerprint density at radius 2 is 1.84 bits per heavy atom. The maximum Gasteiger partial charge on any atom is 0.288 e. The van der Waals surface area contributed by atoms with E-state index in [0.29, 0.717) is 30.1 Å². The van der Waals surface area contributed by atoms with Gasteiger partial charge in [-0.1, -0.05) is 63.4 Å². The third-order valence-corrected chi connectivity index (χ3v) is 5.19. The van der Waals surface area contributed by atoms with Gasteiger partial charge >= 0.3 is 0 Å². The van der Waals surface area contributed by atoms with Crippen molar-refractivity contribution in [2.75, 3.05) is 6.67 Å². The number of carbonyl (C=O) groups excluding carboxylic acids is 3. The molecule has 0 bridgehead atoms. The first-order valence-corrected chi connectivity index (χ1v) is 10.6. The Labute approximate surface area is 182 Å². The van der Waals surface area contributed by atoms with Crippen LogP contribution < -0.4 is 10.6 Å². The SMILES string of the molecule is CCCCC[C@@H](C(=O)NCNC(=O)c1ccc(-c2ccccc2)o1)[C@@H](CC)N(O)C=O. The summed E-state index contributed by atoms with van der Waals surface area (Å²) >= 11 is 0. The Morgan fingerprint density at radius 3 is 2.48 bits per heavy atom. The average Bonchev–Trinajstić information content (AvgIpc) is 3.29. The summed E-state index contributed by atoms with van der Waals surface area (Å²) in [4.78, 5) is 36.1. The molecule has 0 unspecified atom stereocenters. The fraction of sp³-hybridized carbons (Fsp3) is 0.435. The van der Waals surface area contributed by atoms with E-state index < -0.39 is 17.9 Å². The Morgan fingerprint density at radius 1 is 1.10 bits per heavy atom. The molecule has 1 aromatic carbocycles. The van der Waals surface area contributed by atoms with Crippen molar-refractivity contribution in [3.63, 3.8) is 0 Å². The van der Waals surface area contributed by atoms with Crippen molar-refractivity contribution >= 4 is 18.2 Å². The third-order valence-electron chi connectivity index (χ3n) is 5.19. The molecule has 2 atom stereocenters. The van der Waals surface area contributed by atoms with E-state index >= 15 is 0 Å². The first-order chi connectivity index (χ1) is 15.0. The summed E-state index contributed by atoms with van der Waals surface area (Å²) in [6.45, 7) is 3.77. The minimum Gasteiger partial charge on any atom is -0.451 e. The second kappa shape index (κ2) is 12.5. The lowest BCUT2D eigenvalue weighted by Gasteiger charge is -2.29. The smallest absolute Gasteiger partial charge is 0.288 e. The van der Waals surface area contributed by atoms with E-state index in [4.69, 9.17) is 4.42 Å². The van der Waals surface area contributed by atoms with Crippen LogP contribution in [0.1, 0.15) is 56.5 Å². The largest absolute Gasteiger partial charge is 0.451 e. The summed E-state index contributed by atoms with van der Waals surface area (Å²) in [6.07, 6.45) is 4.03. The first-order valence-electron chi connectivity index (χ1n) is 10.6. The van der Waals surface area contributed by atoms with Gasteiger partial charge in [-0.15, -0.1) is 0 Å². The van der Waals surface area contributed by atoms with Crippen molar-refractivity contribution in [2.24, 2.45) is 5.92 Å². The van der Waals surface area contributed by atoms with Crippen LogP contribution in [0.25, 0.3) is 11.3 Å². The molecule has 2 rings (SSSR count). The van der Waals surface area contributed by atoms with Gasteiger partial charge in [-0.25, -0.2) is 5.06 Å². The van der Waals surface area contributed by atoms with Crippen LogP contribution in [0.5, 0.6) is 0 Å². The Kier molecular flexibility index (Phi) is 9.77. The van der Waals surface area contributed by atoms with Crippen molar-refractivity contribution in [3.8, 4) is 11.3 Å². The van der Waals surface area contributed by atoms with Gasteiger partial charge in [0.1, 0.15) is 5.76 Å². The zero-order chi connectivity index (χ0) is 22.6. The quantitative estimate of drug-likeness (QED) is 0.148. The molecule has 0 radical (unpaired) electrons. The second-order valence-corrected chi connectivity index (χ2v) is 7.32. The van der Waals surface area contributed by atoms with E-state index in [1.165, 1.54) is 0 Å². The fourth-order valence-corrected chi connectivity index (χ4v) is 3.49. The number of carbonyl (C=O) groups is 3. The average molecular weight is 430 g/mol. The Bertz CT molecular complexity index is 837. The highest BCUT2D eigenvalue weighted by Gasteiger charge is 2.30. The molecule has 0 aliphatic heterocycles. The molecule has 1 heterocycles. The second-order valence-electron chi connectivity index (χ2n) is 7.32. The van der Waals surface area contributed by atoms with E-state index in [-0.39, 0.29) is 18.3 Å². The molecule has 31 heavy (non-hydrogen) atoms. The van der Waals surface area contributed by atoms with Gasteiger partial charge in [0.2, 0.25) is 12.3 Å². The first kappa shape index (κ1) is 24.1. The molecule has 0 aliphatic rings. The van der Waals surface area contributed by atoms with Crippen molar-refractivity contribution in [1.29, 1.82) is 0 Å². The monoisotopic (exact) mass is 429 g/mol. The Hall–Kier alpha value is -3.13. The topological polar surface area (TPSA) is 112 Å². The number of rotatable bonds is 13. The molecule has 0 spiro atoms. The number of nitrogens with zero attached hydrogens (tertiary/aromatic N) is 1. The number of benzene rings is 1. The van der Waals surface area contributed by atoms with E-state index in [1.807, 2.05) is 30.3 Å². The minimum atomic E-state index is -0.622. The van der Waals surface area contributed by atoms with Gasteiger partial charge in [-0.05, 0) is 25.0 Å². The molecule has 0 saturated carbocycles. The van der Waals surface area contributed by atoms with Gasteiger partial charge < -0.3 is 15.1 Å². The van der Waals surface area contributed by atoms with Crippen molar-refractivity contribution in [1.82, 2.24) is 15.7 Å². The summed E-state index contributed by atoms with van der Waals surface area (Å²) < 4.78 is 5.60. The lowest BCUT2D eigenvalue weighted by molar-refractivity contribution is -0.168. The van der Waals surface area contributed by atoms with Crippen LogP contribution in [0.4, 0.5) is 0 Å². The molecule has 8 heteroatoms. The zero-order valence-electron chi connectivity index (χ0n) is 18.0. The van der Waals surface area contributed by atoms with Gasteiger partial charge in [-0.3, -0.25) is 19.6 Å². The molecule has 0 fully saturated rings. The normalized spacial score (nSPS) is 12.6. The van der Waals surface area contributed by atoms with Crippen LogP contribution in [-0.4, -0.2) is 41.2 Å². The van der Waals surface area contributed by atoms with Crippen molar-refractivity contribution in [3.05, 3.63) is 48.2 Å². The molecule has 8 nitrogen and oxygen atoms in total. The summed E-state index contributed by atoms with van der Waals surface area (Å²) in [7, 11) is 0.